The monoisotopic (exact) mass is 347 g/mol. The quantitative estimate of drug-likeness (QED) is 0.755. The third-order valence-electron chi connectivity index (χ3n) is 4.95. The molecule has 2 N–H and O–H groups in total. The zero-order valence-corrected chi connectivity index (χ0v) is 15.8. The van der Waals surface area contributed by atoms with Gasteiger partial charge >= 0.3 is 0 Å². The number of piperazine rings is 1. The van der Waals surface area contributed by atoms with E-state index in [1.165, 1.54) is 5.56 Å². The minimum atomic E-state index is -0.298. The van der Waals surface area contributed by atoms with Crippen molar-refractivity contribution in [3.63, 3.8) is 0 Å². The predicted octanol–water partition coefficient (Wildman–Crippen LogP) is 2.03. The number of benzene rings is 1. The maximum absolute atomic E-state index is 12.8. The van der Waals surface area contributed by atoms with Gasteiger partial charge in [-0.1, -0.05) is 43.7 Å². The standard InChI is InChI=1S/C20H33N3O2/c1-4-8-19(18-9-6-5-7-10-18)21-20(25)17(3)23-13-11-22(12-14-23)15-16(2)24/h5-7,9-10,16-17,19,24H,4,8,11-15H2,1-3H3,(H,21,25)/t16-,17+,19+/m1/s1. The van der Waals surface area contributed by atoms with Crippen LogP contribution >= 0.6 is 0 Å². The Hall–Kier alpha value is -1.43. The fraction of sp³-hybridized carbons (Fsp3) is 0.650. The lowest BCUT2D eigenvalue weighted by Gasteiger charge is -2.38. The highest BCUT2D eigenvalue weighted by Crippen LogP contribution is 2.19. The maximum atomic E-state index is 12.8. The summed E-state index contributed by atoms with van der Waals surface area (Å²) in [5.74, 6) is 0.103. The van der Waals surface area contributed by atoms with Gasteiger partial charge in [-0.15, -0.1) is 0 Å². The largest absolute Gasteiger partial charge is 0.392 e. The molecule has 2 rings (SSSR count). The number of β-amino-alcohol motifs (C(OH)–C–C–N with tert-alkyl or cyclic N) is 1. The molecule has 140 valence electrons. The number of nitrogens with one attached hydrogen (secondary N) is 1. The third-order valence-corrected chi connectivity index (χ3v) is 4.95. The van der Waals surface area contributed by atoms with Gasteiger partial charge in [0.15, 0.2) is 0 Å². The fourth-order valence-electron chi connectivity index (χ4n) is 3.46. The second kappa shape index (κ2) is 9.90. The first-order chi connectivity index (χ1) is 12.0. The Kier molecular flexibility index (Phi) is 7.88. The molecule has 0 aliphatic carbocycles. The zero-order valence-electron chi connectivity index (χ0n) is 15.8. The van der Waals surface area contributed by atoms with E-state index in [0.29, 0.717) is 6.54 Å². The van der Waals surface area contributed by atoms with Crippen LogP contribution in [-0.2, 0) is 4.79 Å². The Morgan fingerprint density at radius 2 is 1.80 bits per heavy atom. The molecule has 1 heterocycles. The van der Waals surface area contributed by atoms with Gasteiger partial charge in [-0.2, -0.15) is 0 Å². The van der Waals surface area contributed by atoms with Crippen LogP contribution in [0.5, 0.6) is 0 Å². The number of aliphatic hydroxyl groups excluding tert-OH is 1. The molecule has 1 fully saturated rings. The average Bonchev–Trinajstić information content (AvgIpc) is 2.61. The van der Waals surface area contributed by atoms with Crippen LogP contribution < -0.4 is 5.32 Å². The number of carbonyl (C=O) groups is 1. The van der Waals surface area contributed by atoms with Crippen molar-refractivity contribution in [2.75, 3.05) is 32.7 Å². The molecule has 1 aromatic carbocycles. The van der Waals surface area contributed by atoms with E-state index in [2.05, 4.69) is 34.2 Å². The first kappa shape index (κ1) is 19.9. The Balaban J connectivity index is 1.88. The molecule has 1 aromatic rings. The molecule has 5 nitrogen and oxygen atoms in total. The molecule has 3 atom stereocenters. The normalized spacial score (nSPS) is 20.0. The molecule has 0 unspecified atom stereocenters. The van der Waals surface area contributed by atoms with Crippen LogP contribution in [0, 0.1) is 0 Å². The summed E-state index contributed by atoms with van der Waals surface area (Å²) in [6.45, 7) is 10.2. The summed E-state index contributed by atoms with van der Waals surface area (Å²) in [4.78, 5) is 17.3. The van der Waals surface area contributed by atoms with Gasteiger partial charge in [0, 0.05) is 32.7 Å². The lowest BCUT2D eigenvalue weighted by molar-refractivity contribution is -0.127. The molecule has 5 heteroatoms. The third kappa shape index (κ3) is 6.10. The minimum Gasteiger partial charge on any atom is -0.392 e. The van der Waals surface area contributed by atoms with Crippen molar-refractivity contribution in [3.8, 4) is 0 Å². The van der Waals surface area contributed by atoms with Crippen LogP contribution in [0.4, 0.5) is 0 Å². The second-order valence-corrected chi connectivity index (χ2v) is 7.12. The first-order valence-corrected chi connectivity index (χ1v) is 9.51. The molecule has 25 heavy (non-hydrogen) atoms. The van der Waals surface area contributed by atoms with E-state index in [9.17, 15) is 9.90 Å². The molecule has 1 saturated heterocycles. The fourth-order valence-corrected chi connectivity index (χ4v) is 3.46. The van der Waals surface area contributed by atoms with Crippen molar-refractivity contribution in [1.82, 2.24) is 15.1 Å². The van der Waals surface area contributed by atoms with Gasteiger partial charge in [-0.05, 0) is 25.8 Å². The molecule has 1 aliphatic heterocycles. The molecule has 0 spiro atoms. The smallest absolute Gasteiger partial charge is 0.237 e. The molecule has 0 radical (unpaired) electrons. The minimum absolute atomic E-state index is 0.0812. The summed E-state index contributed by atoms with van der Waals surface area (Å²) in [7, 11) is 0. The van der Waals surface area contributed by atoms with E-state index < -0.39 is 0 Å². The van der Waals surface area contributed by atoms with Crippen molar-refractivity contribution >= 4 is 5.91 Å². The molecule has 1 amide bonds. The van der Waals surface area contributed by atoms with Gasteiger partial charge in [-0.3, -0.25) is 14.6 Å². The van der Waals surface area contributed by atoms with Crippen LogP contribution in [-0.4, -0.2) is 65.7 Å². The number of carbonyl (C=O) groups excluding carboxylic acids is 1. The molecule has 0 aromatic heterocycles. The Morgan fingerprint density at radius 1 is 1.16 bits per heavy atom. The van der Waals surface area contributed by atoms with Crippen LogP contribution in [0.15, 0.2) is 30.3 Å². The van der Waals surface area contributed by atoms with Crippen LogP contribution in [0.25, 0.3) is 0 Å². The van der Waals surface area contributed by atoms with Gasteiger partial charge in [-0.25, -0.2) is 0 Å². The van der Waals surface area contributed by atoms with Crippen LogP contribution in [0.1, 0.15) is 45.2 Å². The average molecular weight is 348 g/mol. The van der Waals surface area contributed by atoms with Gasteiger partial charge in [0.25, 0.3) is 0 Å². The van der Waals surface area contributed by atoms with E-state index in [-0.39, 0.29) is 24.1 Å². The number of hydrogen-bond donors (Lipinski definition) is 2. The predicted molar refractivity (Wildman–Crippen MR) is 101 cm³/mol. The second-order valence-electron chi connectivity index (χ2n) is 7.12. The molecular weight excluding hydrogens is 314 g/mol. The number of aliphatic hydroxyl groups is 1. The van der Waals surface area contributed by atoms with Gasteiger partial charge in [0.05, 0.1) is 18.2 Å². The lowest BCUT2D eigenvalue weighted by Crippen LogP contribution is -2.54. The summed E-state index contributed by atoms with van der Waals surface area (Å²) in [6.07, 6.45) is 1.68. The van der Waals surface area contributed by atoms with Crippen LogP contribution in [0.3, 0.4) is 0 Å². The highest BCUT2D eigenvalue weighted by atomic mass is 16.3. The van der Waals surface area contributed by atoms with E-state index in [4.69, 9.17) is 0 Å². The van der Waals surface area contributed by atoms with Gasteiger partial charge in [0.2, 0.25) is 5.91 Å². The highest BCUT2D eigenvalue weighted by Gasteiger charge is 2.27. The zero-order chi connectivity index (χ0) is 18.2. The number of amides is 1. The SMILES string of the molecule is CCC[C@H](NC(=O)[C@H](C)N1CCN(C[C@@H](C)O)CC1)c1ccccc1. The highest BCUT2D eigenvalue weighted by molar-refractivity contribution is 5.81. The molecule has 0 saturated carbocycles. The van der Waals surface area contributed by atoms with E-state index >= 15 is 0 Å². The Bertz CT molecular complexity index is 513. The number of rotatable bonds is 8. The van der Waals surface area contributed by atoms with Crippen molar-refractivity contribution < 1.29 is 9.90 Å². The van der Waals surface area contributed by atoms with Crippen molar-refractivity contribution in [2.45, 2.75) is 51.8 Å². The number of nitrogens with zero attached hydrogens (tertiary/aromatic N) is 2. The summed E-state index contributed by atoms with van der Waals surface area (Å²) < 4.78 is 0. The lowest BCUT2D eigenvalue weighted by atomic mass is 10.0. The van der Waals surface area contributed by atoms with E-state index in [1.54, 1.807) is 0 Å². The Morgan fingerprint density at radius 3 is 2.36 bits per heavy atom. The maximum Gasteiger partial charge on any atom is 0.237 e. The number of hydrogen-bond acceptors (Lipinski definition) is 4. The Labute approximate surface area is 152 Å². The van der Waals surface area contributed by atoms with Crippen LogP contribution in [0.2, 0.25) is 0 Å². The van der Waals surface area contributed by atoms with E-state index in [0.717, 1.165) is 39.0 Å². The molecular formula is C20H33N3O2. The van der Waals surface area contributed by atoms with Gasteiger partial charge in [0.1, 0.15) is 0 Å². The van der Waals surface area contributed by atoms with Crippen molar-refractivity contribution in [2.24, 2.45) is 0 Å². The van der Waals surface area contributed by atoms with Crippen molar-refractivity contribution in [1.29, 1.82) is 0 Å². The molecule has 0 bridgehead atoms. The van der Waals surface area contributed by atoms with Gasteiger partial charge < -0.3 is 10.4 Å². The summed E-state index contributed by atoms with van der Waals surface area (Å²) in [5.41, 5.74) is 1.17. The summed E-state index contributed by atoms with van der Waals surface area (Å²) in [6, 6.07) is 10.2. The molecule has 1 aliphatic rings. The summed E-state index contributed by atoms with van der Waals surface area (Å²) >= 11 is 0. The summed E-state index contributed by atoms with van der Waals surface area (Å²) in [5, 5.41) is 12.7. The van der Waals surface area contributed by atoms with Crippen molar-refractivity contribution in [3.05, 3.63) is 35.9 Å². The first-order valence-electron chi connectivity index (χ1n) is 9.51. The topological polar surface area (TPSA) is 55.8 Å². The van der Waals surface area contributed by atoms with E-state index in [1.807, 2.05) is 32.0 Å².